The van der Waals surface area contributed by atoms with Gasteiger partial charge in [-0.3, -0.25) is 0 Å². The third kappa shape index (κ3) is 3.56. The maximum atomic E-state index is 5.65. The topological polar surface area (TPSA) is 21.3 Å². The molecule has 2 unspecified atom stereocenters. The molecule has 2 nitrogen and oxygen atoms in total. The highest BCUT2D eigenvalue weighted by Crippen LogP contribution is 2.21. The average Bonchev–Trinajstić information content (AvgIpc) is 2.30. The molecule has 1 saturated heterocycles. The van der Waals surface area contributed by atoms with Gasteiger partial charge in [0.15, 0.2) is 0 Å². The molecule has 1 aliphatic heterocycles. The molecule has 0 bridgehead atoms. The van der Waals surface area contributed by atoms with Gasteiger partial charge in [-0.1, -0.05) is 36.2 Å². The summed E-state index contributed by atoms with van der Waals surface area (Å²) in [6, 6.07) is 7.47. The summed E-state index contributed by atoms with van der Waals surface area (Å²) < 4.78 is 5.65. The van der Waals surface area contributed by atoms with E-state index in [1.807, 2.05) is 0 Å². The number of nitrogens with one attached hydrogen (secondary N) is 1. The maximum absolute atomic E-state index is 5.65. The Bertz CT molecular complexity index is 366. The number of benzene rings is 1. The first-order valence-corrected chi connectivity index (χ1v) is 7.07. The standard InChI is InChI=1S/C16H25NO/c1-4-17-16-5-6-18-11-15(16)10-14-8-12(2)7-13(3)9-14/h7-9,15-17H,4-6,10-11H2,1-3H3. The Morgan fingerprint density at radius 3 is 2.61 bits per heavy atom. The fraction of sp³-hybridized carbons (Fsp3) is 0.625. The van der Waals surface area contributed by atoms with Crippen molar-refractivity contribution in [1.29, 1.82) is 0 Å². The monoisotopic (exact) mass is 247 g/mol. The van der Waals surface area contributed by atoms with E-state index >= 15 is 0 Å². The fourth-order valence-corrected chi connectivity index (χ4v) is 3.02. The lowest BCUT2D eigenvalue weighted by atomic mass is 9.88. The van der Waals surface area contributed by atoms with E-state index in [9.17, 15) is 0 Å². The number of aryl methyl sites for hydroxylation is 2. The molecule has 1 aromatic rings. The second-order valence-corrected chi connectivity index (χ2v) is 5.49. The Kier molecular flexibility index (Phi) is 4.79. The molecular weight excluding hydrogens is 222 g/mol. The highest BCUT2D eigenvalue weighted by Gasteiger charge is 2.25. The third-order valence-corrected chi connectivity index (χ3v) is 3.72. The van der Waals surface area contributed by atoms with Crippen molar-refractivity contribution in [3.8, 4) is 0 Å². The summed E-state index contributed by atoms with van der Waals surface area (Å²) >= 11 is 0. The van der Waals surface area contributed by atoms with Crippen molar-refractivity contribution in [3.05, 3.63) is 34.9 Å². The predicted octanol–water partition coefficient (Wildman–Crippen LogP) is 2.86. The summed E-state index contributed by atoms with van der Waals surface area (Å²) in [7, 11) is 0. The molecule has 2 rings (SSSR count). The van der Waals surface area contributed by atoms with E-state index in [1.165, 1.54) is 16.7 Å². The van der Waals surface area contributed by atoms with Crippen molar-refractivity contribution in [2.45, 2.75) is 39.7 Å². The van der Waals surface area contributed by atoms with E-state index in [4.69, 9.17) is 4.74 Å². The van der Waals surface area contributed by atoms with E-state index in [1.54, 1.807) is 0 Å². The van der Waals surface area contributed by atoms with Gasteiger partial charge in [0.25, 0.3) is 0 Å². The molecule has 0 aliphatic carbocycles. The highest BCUT2D eigenvalue weighted by atomic mass is 16.5. The smallest absolute Gasteiger partial charge is 0.0512 e. The van der Waals surface area contributed by atoms with Crippen LogP contribution in [0.25, 0.3) is 0 Å². The van der Waals surface area contributed by atoms with Gasteiger partial charge in [0.05, 0.1) is 6.61 Å². The van der Waals surface area contributed by atoms with Crippen LogP contribution in [0.5, 0.6) is 0 Å². The van der Waals surface area contributed by atoms with E-state index in [-0.39, 0.29) is 0 Å². The lowest BCUT2D eigenvalue weighted by Crippen LogP contribution is -2.43. The minimum absolute atomic E-state index is 0.611. The molecule has 0 radical (unpaired) electrons. The summed E-state index contributed by atoms with van der Waals surface area (Å²) in [4.78, 5) is 0. The summed E-state index contributed by atoms with van der Waals surface area (Å²) in [6.07, 6.45) is 2.27. The van der Waals surface area contributed by atoms with Crippen LogP contribution < -0.4 is 5.32 Å². The van der Waals surface area contributed by atoms with E-state index in [0.29, 0.717) is 12.0 Å². The summed E-state index contributed by atoms with van der Waals surface area (Å²) in [5, 5.41) is 3.60. The number of hydrogen-bond donors (Lipinski definition) is 1. The Morgan fingerprint density at radius 1 is 1.22 bits per heavy atom. The minimum Gasteiger partial charge on any atom is -0.381 e. The SMILES string of the molecule is CCNC1CCOCC1Cc1cc(C)cc(C)c1. The minimum atomic E-state index is 0.611. The van der Waals surface area contributed by atoms with Crippen LogP contribution in [-0.2, 0) is 11.2 Å². The van der Waals surface area contributed by atoms with Gasteiger partial charge in [-0.05, 0) is 38.8 Å². The number of hydrogen-bond acceptors (Lipinski definition) is 2. The van der Waals surface area contributed by atoms with Gasteiger partial charge in [0.2, 0.25) is 0 Å². The number of rotatable bonds is 4. The van der Waals surface area contributed by atoms with E-state index < -0.39 is 0 Å². The molecule has 1 fully saturated rings. The van der Waals surface area contributed by atoms with Gasteiger partial charge in [0.1, 0.15) is 0 Å². The first kappa shape index (κ1) is 13.6. The third-order valence-electron chi connectivity index (χ3n) is 3.72. The lowest BCUT2D eigenvalue weighted by Gasteiger charge is -2.32. The molecule has 2 heteroatoms. The zero-order valence-corrected chi connectivity index (χ0v) is 11.8. The first-order valence-electron chi connectivity index (χ1n) is 7.07. The molecule has 18 heavy (non-hydrogen) atoms. The Morgan fingerprint density at radius 2 is 1.94 bits per heavy atom. The zero-order valence-electron chi connectivity index (χ0n) is 11.8. The summed E-state index contributed by atoms with van der Waals surface area (Å²) in [6.45, 7) is 9.38. The second kappa shape index (κ2) is 6.35. The zero-order chi connectivity index (χ0) is 13.0. The van der Waals surface area contributed by atoms with Crippen molar-refractivity contribution in [2.24, 2.45) is 5.92 Å². The average molecular weight is 247 g/mol. The van der Waals surface area contributed by atoms with Gasteiger partial charge in [-0.25, -0.2) is 0 Å². The largest absolute Gasteiger partial charge is 0.381 e. The molecule has 1 heterocycles. The molecule has 0 saturated carbocycles. The Balaban J connectivity index is 2.05. The van der Waals surface area contributed by atoms with Gasteiger partial charge < -0.3 is 10.1 Å². The normalized spacial score (nSPS) is 24.2. The molecule has 2 atom stereocenters. The molecule has 1 aromatic carbocycles. The van der Waals surface area contributed by atoms with Crippen LogP contribution in [0.15, 0.2) is 18.2 Å². The second-order valence-electron chi connectivity index (χ2n) is 5.49. The maximum Gasteiger partial charge on any atom is 0.0512 e. The summed E-state index contributed by atoms with van der Waals surface area (Å²) in [5.74, 6) is 0.611. The number of ether oxygens (including phenoxy) is 1. The Hall–Kier alpha value is -0.860. The van der Waals surface area contributed by atoms with Crippen LogP contribution in [0, 0.1) is 19.8 Å². The highest BCUT2D eigenvalue weighted by molar-refractivity contribution is 5.29. The van der Waals surface area contributed by atoms with Gasteiger partial charge in [-0.15, -0.1) is 0 Å². The van der Waals surface area contributed by atoms with Crippen LogP contribution >= 0.6 is 0 Å². The molecule has 1 aliphatic rings. The van der Waals surface area contributed by atoms with Crippen LogP contribution in [-0.4, -0.2) is 25.8 Å². The van der Waals surface area contributed by atoms with Crippen LogP contribution in [0.4, 0.5) is 0 Å². The summed E-state index contributed by atoms with van der Waals surface area (Å²) in [5.41, 5.74) is 4.18. The molecule has 0 aromatic heterocycles. The van der Waals surface area contributed by atoms with Crippen LogP contribution in [0.2, 0.25) is 0 Å². The van der Waals surface area contributed by atoms with Crippen molar-refractivity contribution in [3.63, 3.8) is 0 Å². The quantitative estimate of drug-likeness (QED) is 0.883. The van der Waals surface area contributed by atoms with Crippen molar-refractivity contribution < 1.29 is 4.74 Å². The van der Waals surface area contributed by atoms with E-state index in [2.05, 4.69) is 44.3 Å². The van der Waals surface area contributed by atoms with Gasteiger partial charge in [0, 0.05) is 18.6 Å². The van der Waals surface area contributed by atoms with Gasteiger partial charge in [-0.2, -0.15) is 0 Å². The fourth-order valence-electron chi connectivity index (χ4n) is 3.02. The molecule has 100 valence electrons. The van der Waals surface area contributed by atoms with Crippen molar-refractivity contribution in [1.82, 2.24) is 5.32 Å². The lowest BCUT2D eigenvalue weighted by molar-refractivity contribution is 0.0326. The van der Waals surface area contributed by atoms with Crippen LogP contribution in [0.1, 0.15) is 30.0 Å². The first-order chi connectivity index (χ1) is 8.69. The van der Waals surface area contributed by atoms with Crippen molar-refractivity contribution >= 4 is 0 Å². The molecule has 0 spiro atoms. The van der Waals surface area contributed by atoms with Gasteiger partial charge >= 0.3 is 0 Å². The predicted molar refractivity (Wildman–Crippen MR) is 76.0 cm³/mol. The molecular formula is C16H25NO. The molecule has 0 amide bonds. The van der Waals surface area contributed by atoms with Crippen molar-refractivity contribution in [2.75, 3.05) is 19.8 Å². The van der Waals surface area contributed by atoms with Crippen LogP contribution in [0.3, 0.4) is 0 Å². The molecule has 1 N–H and O–H groups in total. The van der Waals surface area contributed by atoms with E-state index in [0.717, 1.165) is 32.6 Å². The Labute approximate surface area is 111 Å².